The molecule has 12 heteroatoms. The van der Waals surface area contributed by atoms with Crippen LogP contribution in [0.5, 0.6) is 0 Å². The number of halogens is 3. The first-order valence-electron chi connectivity index (χ1n) is 11.8. The van der Waals surface area contributed by atoms with Crippen molar-refractivity contribution < 1.29 is 19.5 Å². The number of rotatable bonds is 18. The Morgan fingerprint density at radius 1 is 0.971 bits per heavy atom. The number of carboxylic acid groups (broad SMARTS) is 1. The average Bonchev–Trinajstić information content (AvgIpc) is 2.81. The van der Waals surface area contributed by atoms with E-state index < -0.39 is 11.9 Å². The third kappa shape index (κ3) is 13.2. The molecule has 0 aliphatic carbocycles. The van der Waals surface area contributed by atoms with E-state index in [9.17, 15) is 19.5 Å². The fourth-order valence-corrected chi connectivity index (χ4v) is 7.35. The van der Waals surface area contributed by atoms with E-state index in [0.29, 0.717) is 38.9 Å². The minimum atomic E-state index is -0.800. The second-order valence-electron chi connectivity index (χ2n) is 8.08. The summed E-state index contributed by atoms with van der Waals surface area (Å²) < 4.78 is 2.84. The topological polar surface area (TPSA) is 146 Å². The zero-order chi connectivity index (χ0) is 26.2. The molecular formula is C23H36I3N5O4. The third-order valence-electron chi connectivity index (χ3n) is 5.31. The van der Waals surface area contributed by atoms with Gasteiger partial charge in [0.25, 0.3) is 0 Å². The van der Waals surface area contributed by atoms with Crippen LogP contribution in [0.3, 0.4) is 0 Å². The molecule has 35 heavy (non-hydrogen) atoms. The van der Waals surface area contributed by atoms with E-state index in [2.05, 4.69) is 89.0 Å². The Morgan fingerprint density at radius 2 is 1.69 bits per heavy atom. The first-order valence-corrected chi connectivity index (χ1v) is 15.0. The summed E-state index contributed by atoms with van der Waals surface area (Å²) in [6.45, 7) is 5.60. The Kier molecular flexibility index (Phi) is 17.6. The summed E-state index contributed by atoms with van der Waals surface area (Å²) in [4.78, 5) is 35.9. The summed E-state index contributed by atoms with van der Waals surface area (Å²) in [5, 5.41) is 21.6. The minimum Gasteiger partial charge on any atom is -0.481 e. The lowest BCUT2D eigenvalue weighted by Crippen LogP contribution is -2.37. The lowest BCUT2D eigenvalue weighted by Gasteiger charge is -2.18. The van der Waals surface area contributed by atoms with Gasteiger partial charge in [0, 0.05) is 49.9 Å². The Morgan fingerprint density at radius 3 is 2.34 bits per heavy atom. The average molecular weight is 827 g/mol. The molecule has 0 saturated heterocycles. The number of carbonyl (C=O) groups is 3. The van der Waals surface area contributed by atoms with Crippen LogP contribution in [-0.4, -0.2) is 62.2 Å². The van der Waals surface area contributed by atoms with Crippen LogP contribution in [-0.2, 0) is 20.8 Å². The van der Waals surface area contributed by atoms with E-state index in [4.69, 9.17) is 5.73 Å². The predicted octanol–water partition coefficient (Wildman–Crippen LogP) is 2.91. The molecule has 9 nitrogen and oxygen atoms in total. The maximum Gasteiger partial charge on any atom is 0.306 e. The number of anilines is 1. The number of nitrogens with one attached hydrogen (secondary N) is 4. The number of hydrogen-bond donors (Lipinski definition) is 6. The van der Waals surface area contributed by atoms with Crippen molar-refractivity contribution in [3.8, 4) is 0 Å². The van der Waals surface area contributed by atoms with Gasteiger partial charge in [0.05, 0.1) is 18.2 Å². The highest BCUT2D eigenvalue weighted by atomic mass is 127. The number of nitrogens with two attached hydrogens (primary N) is 1. The zero-order valence-electron chi connectivity index (χ0n) is 20.0. The molecule has 7 N–H and O–H groups in total. The number of carboxylic acids is 1. The molecule has 0 aliphatic rings. The number of amides is 2. The Hall–Kier alpha value is -0.300. The van der Waals surface area contributed by atoms with Crippen molar-refractivity contribution in [1.82, 2.24) is 16.0 Å². The van der Waals surface area contributed by atoms with Gasteiger partial charge in [-0.1, -0.05) is 13.3 Å². The highest BCUT2D eigenvalue weighted by Gasteiger charge is 2.22. The van der Waals surface area contributed by atoms with Crippen LogP contribution < -0.4 is 27.0 Å². The number of unbranched alkanes of at least 4 members (excludes halogenated alkanes) is 2. The molecule has 0 spiro atoms. The standard InChI is InChI=1S/C23H36I3N5O4/c1-2-15(23(34)35)12-16-17(24)13-18(25)22(21(16)26)31-19(32)6-4-3-5-8-30-20(33)14-29-11-10-28-9-7-27/h13,15,28-29H,2-12,14,27H2,1H3,(H,30,33)(H,31,32)(H,34,35). The molecule has 0 bridgehead atoms. The van der Waals surface area contributed by atoms with Gasteiger partial charge in [-0.25, -0.2) is 0 Å². The van der Waals surface area contributed by atoms with Crippen molar-refractivity contribution in [3.05, 3.63) is 22.3 Å². The largest absolute Gasteiger partial charge is 0.481 e. The van der Waals surface area contributed by atoms with Crippen molar-refractivity contribution >= 4 is 91.2 Å². The first kappa shape index (κ1) is 32.7. The van der Waals surface area contributed by atoms with Gasteiger partial charge in [-0.15, -0.1) is 0 Å². The Balaban J connectivity index is 2.39. The molecule has 1 rings (SSSR count). The number of benzene rings is 1. The first-order chi connectivity index (χ1) is 16.7. The van der Waals surface area contributed by atoms with E-state index in [1.807, 2.05) is 13.0 Å². The number of carbonyl (C=O) groups excluding carboxylic acids is 2. The van der Waals surface area contributed by atoms with Gasteiger partial charge in [-0.2, -0.15) is 0 Å². The monoisotopic (exact) mass is 827 g/mol. The highest BCUT2D eigenvalue weighted by molar-refractivity contribution is 14.1. The van der Waals surface area contributed by atoms with Gasteiger partial charge in [-0.3, -0.25) is 14.4 Å². The highest BCUT2D eigenvalue weighted by Crippen LogP contribution is 2.33. The molecule has 0 fully saturated rings. The molecule has 1 atom stereocenters. The molecule has 1 unspecified atom stereocenters. The third-order valence-corrected chi connectivity index (χ3v) is 8.31. The van der Waals surface area contributed by atoms with Crippen LogP contribution in [0.25, 0.3) is 0 Å². The van der Waals surface area contributed by atoms with Crippen molar-refractivity contribution in [2.75, 3.05) is 44.6 Å². The van der Waals surface area contributed by atoms with Crippen molar-refractivity contribution in [2.24, 2.45) is 11.7 Å². The van der Waals surface area contributed by atoms with E-state index in [-0.39, 0.29) is 18.4 Å². The number of hydrogen-bond acceptors (Lipinski definition) is 6. The van der Waals surface area contributed by atoms with Gasteiger partial charge in [0.2, 0.25) is 11.8 Å². The van der Waals surface area contributed by atoms with Crippen LogP contribution in [0.2, 0.25) is 0 Å². The quantitative estimate of drug-likeness (QED) is 0.0988. The second-order valence-corrected chi connectivity index (χ2v) is 11.5. The predicted molar refractivity (Wildman–Crippen MR) is 165 cm³/mol. The van der Waals surface area contributed by atoms with Crippen LogP contribution in [0, 0.1) is 16.6 Å². The van der Waals surface area contributed by atoms with Crippen molar-refractivity contribution in [1.29, 1.82) is 0 Å². The maximum absolute atomic E-state index is 12.5. The van der Waals surface area contributed by atoms with Gasteiger partial charge in [0.1, 0.15) is 0 Å². The van der Waals surface area contributed by atoms with E-state index in [1.165, 1.54) is 0 Å². The summed E-state index contributed by atoms with van der Waals surface area (Å²) in [6.07, 6.45) is 3.77. The molecule has 0 radical (unpaired) electrons. The molecule has 0 aromatic heterocycles. The van der Waals surface area contributed by atoms with Gasteiger partial charge >= 0.3 is 5.97 Å². The molecule has 198 valence electrons. The summed E-state index contributed by atoms with van der Waals surface area (Å²) in [6, 6.07) is 1.98. The fraction of sp³-hybridized carbons (Fsp3) is 0.609. The maximum atomic E-state index is 12.5. The smallest absolute Gasteiger partial charge is 0.306 e. The minimum absolute atomic E-state index is 0.0338. The van der Waals surface area contributed by atoms with Crippen LogP contribution in [0.15, 0.2) is 6.07 Å². The lowest BCUT2D eigenvalue weighted by atomic mass is 9.97. The summed E-state index contributed by atoms with van der Waals surface area (Å²) >= 11 is 6.64. The normalized spacial score (nSPS) is 11.8. The van der Waals surface area contributed by atoms with Gasteiger partial charge in [-0.05, 0) is 105 Å². The summed E-state index contributed by atoms with van der Waals surface area (Å²) in [5.41, 5.74) is 7.12. The lowest BCUT2D eigenvalue weighted by molar-refractivity contribution is -0.141. The van der Waals surface area contributed by atoms with Gasteiger partial charge < -0.3 is 32.1 Å². The molecule has 0 aliphatic heterocycles. The summed E-state index contributed by atoms with van der Waals surface area (Å²) in [7, 11) is 0. The van der Waals surface area contributed by atoms with Gasteiger partial charge in [0.15, 0.2) is 0 Å². The Labute approximate surface area is 248 Å². The molecule has 0 heterocycles. The van der Waals surface area contributed by atoms with Crippen molar-refractivity contribution in [3.63, 3.8) is 0 Å². The molecule has 1 aromatic rings. The summed E-state index contributed by atoms with van der Waals surface area (Å²) in [5.74, 6) is -1.34. The van der Waals surface area contributed by atoms with E-state index in [1.54, 1.807) is 0 Å². The fourth-order valence-electron chi connectivity index (χ4n) is 3.27. The zero-order valence-corrected chi connectivity index (χ0v) is 26.5. The van der Waals surface area contributed by atoms with Crippen LogP contribution in [0.1, 0.15) is 44.6 Å². The molecule has 1 aromatic carbocycles. The molecular weight excluding hydrogens is 791 g/mol. The SMILES string of the molecule is CCC(Cc1c(I)cc(I)c(NC(=O)CCCCCNC(=O)CNCCNCCN)c1I)C(=O)O. The van der Waals surface area contributed by atoms with E-state index in [0.717, 1.165) is 54.3 Å². The van der Waals surface area contributed by atoms with Crippen molar-refractivity contribution in [2.45, 2.75) is 45.4 Å². The van der Waals surface area contributed by atoms with E-state index >= 15 is 0 Å². The molecule has 2 amide bonds. The number of aliphatic carboxylic acids is 1. The Bertz CT molecular complexity index is 842. The second kappa shape index (κ2) is 18.9. The molecule has 0 saturated carbocycles. The van der Waals surface area contributed by atoms with Crippen LogP contribution >= 0.6 is 67.8 Å². The van der Waals surface area contributed by atoms with Crippen LogP contribution in [0.4, 0.5) is 5.69 Å².